The first-order chi connectivity index (χ1) is 9.62. The molecule has 4 nitrogen and oxygen atoms in total. The average Bonchev–Trinajstić information content (AvgIpc) is 2.87. The number of piperidine rings is 1. The zero-order valence-electron chi connectivity index (χ0n) is 12.1. The van der Waals surface area contributed by atoms with Gasteiger partial charge in [0, 0.05) is 12.1 Å². The molecule has 1 atom stereocenters. The summed E-state index contributed by atoms with van der Waals surface area (Å²) >= 11 is 0. The standard InChI is InChI=1S/C16H20N2O2/c1-16(2)7-4-8-18(14(16)9-17)10-12-5-3-6-13-15(12)20-11-19-13/h3,5-6,14H,4,7-8,10-11H2,1-2H3/t14-/m0/s1. The number of benzene rings is 1. The second kappa shape index (κ2) is 4.99. The lowest BCUT2D eigenvalue weighted by Crippen LogP contribution is -2.48. The molecule has 0 spiro atoms. The predicted octanol–water partition coefficient (Wildman–Crippen LogP) is 2.93. The van der Waals surface area contributed by atoms with Gasteiger partial charge in [-0.25, -0.2) is 0 Å². The van der Waals surface area contributed by atoms with Gasteiger partial charge in [-0.15, -0.1) is 0 Å². The van der Waals surface area contributed by atoms with E-state index in [2.05, 4.69) is 30.9 Å². The van der Waals surface area contributed by atoms with Crippen LogP contribution in [0, 0.1) is 16.7 Å². The Balaban J connectivity index is 1.84. The Hall–Kier alpha value is -1.73. The third kappa shape index (κ3) is 2.23. The molecule has 2 heterocycles. The molecule has 0 unspecified atom stereocenters. The number of rotatable bonds is 2. The van der Waals surface area contributed by atoms with Crippen molar-refractivity contribution in [2.75, 3.05) is 13.3 Å². The Labute approximate surface area is 119 Å². The van der Waals surface area contributed by atoms with Crippen LogP contribution in [0.3, 0.4) is 0 Å². The monoisotopic (exact) mass is 272 g/mol. The number of nitrogens with zero attached hydrogens (tertiary/aromatic N) is 2. The first kappa shape index (κ1) is 13.3. The van der Waals surface area contributed by atoms with Crippen LogP contribution in [0.25, 0.3) is 0 Å². The van der Waals surface area contributed by atoms with Crippen LogP contribution < -0.4 is 9.47 Å². The molecule has 1 saturated heterocycles. The molecule has 0 N–H and O–H groups in total. The van der Waals surface area contributed by atoms with Gasteiger partial charge in [-0.2, -0.15) is 5.26 Å². The fraction of sp³-hybridized carbons (Fsp3) is 0.562. The van der Waals surface area contributed by atoms with Gasteiger partial charge in [0.2, 0.25) is 6.79 Å². The number of ether oxygens (including phenoxy) is 2. The normalized spacial score (nSPS) is 24.4. The van der Waals surface area contributed by atoms with Gasteiger partial charge in [-0.3, -0.25) is 4.90 Å². The van der Waals surface area contributed by atoms with Crippen molar-refractivity contribution in [3.05, 3.63) is 23.8 Å². The summed E-state index contributed by atoms with van der Waals surface area (Å²) in [6.07, 6.45) is 2.24. The van der Waals surface area contributed by atoms with E-state index in [0.717, 1.165) is 43.0 Å². The van der Waals surface area contributed by atoms with Gasteiger partial charge in [0.05, 0.1) is 6.07 Å². The molecule has 1 aromatic rings. The van der Waals surface area contributed by atoms with Crippen LogP contribution in [-0.4, -0.2) is 24.3 Å². The first-order valence-corrected chi connectivity index (χ1v) is 7.13. The summed E-state index contributed by atoms with van der Waals surface area (Å²) in [6.45, 7) is 6.37. The molecule has 0 amide bonds. The third-order valence-corrected chi connectivity index (χ3v) is 4.35. The maximum Gasteiger partial charge on any atom is 0.231 e. The molecule has 0 aliphatic carbocycles. The van der Waals surface area contributed by atoms with E-state index < -0.39 is 0 Å². The van der Waals surface area contributed by atoms with Crippen LogP contribution in [0.5, 0.6) is 11.5 Å². The van der Waals surface area contributed by atoms with E-state index >= 15 is 0 Å². The van der Waals surface area contributed by atoms with E-state index in [0.29, 0.717) is 6.79 Å². The highest BCUT2D eigenvalue weighted by Crippen LogP contribution is 2.39. The van der Waals surface area contributed by atoms with Crippen LogP contribution in [0.15, 0.2) is 18.2 Å². The first-order valence-electron chi connectivity index (χ1n) is 7.13. The molecule has 0 bridgehead atoms. The highest BCUT2D eigenvalue weighted by molar-refractivity contribution is 5.48. The van der Waals surface area contributed by atoms with Crippen LogP contribution in [0.4, 0.5) is 0 Å². The van der Waals surface area contributed by atoms with Gasteiger partial charge < -0.3 is 9.47 Å². The smallest absolute Gasteiger partial charge is 0.231 e. The van der Waals surface area contributed by atoms with Crippen molar-refractivity contribution in [3.8, 4) is 17.6 Å². The van der Waals surface area contributed by atoms with Crippen molar-refractivity contribution in [3.63, 3.8) is 0 Å². The Morgan fingerprint density at radius 2 is 2.25 bits per heavy atom. The summed E-state index contributed by atoms with van der Waals surface area (Å²) in [7, 11) is 0. The van der Waals surface area contributed by atoms with Gasteiger partial charge in [-0.05, 0) is 30.9 Å². The molecule has 0 radical (unpaired) electrons. The average molecular weight is 272 g/mol. The molecule has 1 fully saturated rings. The van der Waals surface area contributed by atoms with Crippen molar-refractivity contribution >= 4 is 0 Å². The highest BCUT2D eigenvalue weighted by Gasteiger charge is 2.38. The van der Waals surface area contributed by atoms with Crippen molar-refractivity contribution in [1.82, 2.24) is 4.90 Å². The number of para-hydroxylation sites is 1. The minimum atomic E-state index is -0.0468. The van der Waals surface area contributed by atoms with E-state index in [9.17, 15) is 5.26 Å². The minimum Gasteiger partial charge on any atom is -0.454 e. The maximum absolute atomic E-state index is 9.52. The summed E-state index contributed by atoms with van der Waals surface area (Å²) in [5.74, 6) is 1.65. The molecule has 4 heteroatoms. The number of likely N-dealkylation sites (tertiary alicyclic amines) is 1. The van der Waals surface area contributed by atoms with E-state index in [1.54, 1.807) is 0 Å². The topological polar surface area (TPSA) is 45.5 Å². The highest BCUT2D eigenvalue weighted by atomic mass is 16.7. The summed E-state index contributed by atoms with van der Waals surface area (Å²) in [5, 5.41) is 9.52. The van der Waals surface area contributed by atoms with Crippen LogP contribution >= 0.6 is 0 Å². The molecular weight excluding hydrogens is 252 g/mol. The van der Waals surface area contributed by atoms with E-state index in [-0.39, 0.29) is 11.5 Å². The van der Waals surface area contributed by atoms with Crippen LogP contribution in [-0.2, 0) is 6.54 Å². The number of nitriles is 1. The number of fused-ring (bicyclic) bond motifs is 1. The van der Waals surface area contributed by atoms with Gasteiger partial charge in [0.1, 0.15) is 6.04 Å². The molecule has 106 valence electrons. The quantitative estimate of drug-likeness (QED) is 0.830. The van der Waals surface area contributed by atoms with E-state index in [1.165, 1.54) is 0 Å². The molecule has 0 aromatic heterocycles. The van der Waals surface area contributed by atoms with Crippen LogP contribution in [0.2, 0.25) is 0 Å². The van der Waals surface area contributed by atoms with Gasteiger partial charge in [0.25, 0.3) is 0 Å². The number of hydrogen-bond acceptors (Lipinski definition) is 4. The lowest BCUT2D eigenvalue weighted by Gasteiger charge is -2.42. The zero-order valence-corrected chi connectivity index (χ0v) is 12.1. The van der Waals surface area contributed by atoms with Crippen molar-refractivity contribution in [2.45, 2.75) is 39.3 Å². The minimum absolute atomic E-state index is 0.0440. The number of hydrogen-bond donors (Lipinski definition) is 0. The van der Waals surface area contributed by atoms with Crippen LogP contribution in [0.1, 0.15) is 32.3 Å². The Bertz CT molecular complexity index is 548. The van der Waals surface area contributed by atoms with Gasteiger partial charge in [0.15, 0.2) is 11.5 Å². The predicted molar refractivity (Wildman–Crippen MR) is 75.4 cm³/mol. The molecule has 20 heavy (non-hydrogen) atoms. The molecule has 0 saturated carbocycles. The Kier molecular flexibility index (Phi) is 3.31. The maximum atomic E-state index is 9.52. The summed E-state index contributed by atoms with van der Waals surface area (Å²) in [4.78, 5) is 2.26. The molecular formula is C16H20N2O2. The summed E-state index contributed by atoms with van der Waals surface area (Å²) < 4.78 is 11.0. The molecule has 2 aliphatic heterocycles. The van der Waals surface area contributed by atoms with E-state index in [4.69, 9.17) is 9.47 Å². The lowest BCUT2D eigenvalue weighted by atomic mass is 9.77. The second-order valence-electron chi connectivity index (χ2n) is 6.25. The van der Waals surface area contributed by atoms with Crippen molar-refractivity contribution in [2.24, 2.45) is 5.41 Å². The van der Waals surface area contributed by atoms with Gasteiger partial charge in [-0.1, -0.05) is 26.0 Å². The molecule has 3 rings (SSSR count). The Morgan fingerprint density at radius 1 is 1.40 bits per heavy atom. The SMILES string of the molecule is CC1(C)CCCN(Cc2cccc3c2OCO3)[C@H]1C#N. The molecule has 1 aromatic carbocycles. The lowest BCUT2D eigenvalue weighted by molar-refractivity contribution is 0.0653. The van der Waals surface area contributed by atoms with Crippen molar-refractivity contribution < 1.29 is 9.47 Å². The fourth-order valence-electron chi connectivity index (χ4n) is 3.26. The third-order valence-electron chi connectivity index (χ3n) is 4.35. The fourth-order valence-corrected chi connectivity index (χ4v) is 3.26. The summed E-state index contributed by atoms with van der Waals surface area (Å²) in [5.41, 5.74) is 1.15. The van der Waals surface area contributed by atoms with Gasteiger partial charge >= 0.3 is 0 Å². The zero-order chi connectivity index (χ0) is 14.2. The van der Waals surface area contributed by atoms with E-state index in [1.807, 2.05) is 12.1 Å². The second-order valence-corrected chi connectivity index (χ2v) is 6.25. The van der Waals surface area contributed by atoms with Crippen molar-refractivity contribution in [1.29, 1.82) is 5.26 Å². The largest absolute Gasteiger partial charge is 0.454 e. The summed E-state index contributed by atoms with van der Waals surface area (Å²) in [6, 6.07) is 8.41. The molecule has 2 aliphatic rings. The Morgan fingerprint density at radius 3 is 3.05 bits per heavy atom.